The van der Waals surface area contributed by atoms with Crippen LogP contribution >= 0.6 is 12.2 Å². The van der Waals surface area contributed by atoms with Crippen molar-refractivity contribution in [2.24, 2.45) is 10.8 Å². The largest absolute Gasteiger partial charge is 0.375 e. The van der Waals surface area contributed by atoms with Gasteiger partial charge in [0.25, 0.3) is 0 Å². The molecule has 0 aliphatic carbocycles. The summed E-state index contributed by atoms with van der Waals surface area (Å²) in [6.07, 6.45) is 1.56. The molecular formula is C23H29F2N7S. The van der Waals surface area contributed by atoms with E-state index in [-0.39, 0.29) is 16.7 Å². The monoisotopic (exact) mass is 473 g/mol. The zero-order valence-corrected chi connectivity index (χ0v) is 19.5. The van der Waals surface area contributed by atoms with Crippen molar-refractivity contribution in [2.75, 3.05) is 74.1 Å². The van der Waals surface area contributed by atoms with Crippen LogP contribution in [0.3, 0.4) is 0 Å². The first kappa shape index (κ1) is 23.2. The van der Waals surface area contributed by atoms with Gasteiger partial charge in [-0.3, -0.25) is 5.43 Å². The molecule has 4 rings (SSSR count). The van der Waals surface area contributed by atoms with Crippen LogP contribution in [0.4, 0.5) is 25.8 Å². The molecular weight excluding hydrogens is 444 g/mol. The Balaban J connectivity index is 1.56. The molecule has 33 heavy (non-hydrogen) atoms. The highest BCUT2D eigenvalue weighted by Crippen LogP contribution is 2.31. The topological polar surface area (TPSA) is 63.4 Å². The maximum atomic E-state index is 15.2. The smallest absolute Gasteiger partial charge is 0.184 e. The minimum atomic E-state index is -0.302. The van der Waals surface area contributed by atoms with Crippen LogP contribution in [0.25, 0.3) is 0 Å². The van der Waals surface area contributed by atoms with E-state index in [0.29, 0.717) is 37.4 Å². The molecule has 0 amide bonds. The number of hydrogen-bond donors (Lipinski definition) is 2. The van der Waals surface area contributed by atoms with E-state index in [2.05, 4.69) is 37.2 Å². The van der Waals surface area contributed by atoms with Gasteiger partial charge in [0.2, 0.25) is 0 Å². The van der Waals surface area contributed by atoms with E-state index >= 15 is 4.39 Å². The van der Waals surface area contributed by atoms with Crippen molar-refractivity contribution in [3.05, 3.63) is 53.6 Å². The Bertz CT molecular complexity index is 1020. The van der Waals surface area contributed by atoms with Gasteiger partial charge in [-0.05, 0) is 49.6 Å². The zero-order chi connectivity index (χ0) is 23.4. The van der Waals surface area contributed by atoms with Crippen LogP contribution in [0.1, 0.15) is 5.56 Å². The number of thiocarbonyl (C=S) groups is 1. The van der Waals surface area contributed by atoms with Gasteiger partial charge in [0.05, 0.1) is 11.9 Å². The van der Waals surface area contributed by atoms with E-state index in [1.165, 1.54) is 18.2 Å². The molecule has 2 aromatic rings. The first-order valence-electron chi connectivity index (χ1n) is 11.0. The van der Waals surface area contributed by atoms with Crippen molar-refractivity contribution in [2.45, 2.75) is 0 Å². The summed E-state index contributed by atoms with van der Waals surface area (Å²) in [5.74, 6) is -0.552. The predicted octanol–water partition coefficient (Wildman–Crippen LogP) is 2.21. The highest BCUT2D eigenvalue weighted by Gasteiger charge is 2.24. The lowest BCUT2D eigenvalue weighted by Crippen LogP contribution is -2.47. The van der Waals surface area contributed by atoms with Gasteiger partial charge in [-0.15, -0.1) is 0 Å². The molecule has 2 aromatic carbocycles. The van der Waals surface area contributed by atoms with Crippen LogP contribution in [-0.4, -0.2) is 75.6 Å². The Morgan fingerprint density at radius 3 is 2.24 bits per heavy atom. The number of piperazine rings is 2. The molecule has 0 atom stereocenters. The molecule has 2 aliphatic rings. The molecule has 0 saturated carbocycles. The molecule has 2 saturated heterocycles. The van der Waals surface area contributed by atoms with Gasteiger partial charge in [-0.25, -0.2) is 8.78 Å². The molecule has 10 heteroatoms. The second-order valence-electron chi connectivity index (χ2n) is 8.34. The SMILES string of the molecule is CN1CCN(c2cc(N3CCN(c4cccc(F)c4)CC3)c(F)cc2/C=N/NC(N)=S)CC1. The minimum Gasteiger partial charge on any atom is -0.375 e. The number of likely N-dealkylation sites (N-methyl/N-ethyl adjacent to an activating group) is 1. The standard InChI is InChI=1S/C23H29F2N7S/c1-29-5-7-31(8-6-29)21-15-22(20(25)13-17(21)16-27-28-23(26)33)32-11-9-30(10-12-32)19-4-2-3-18(24)14-19/h2-4,13-16H,5-12H2,1H3,(H3,26,28,33)/b27-16+. The van der Waals surface area contributed by atoms with Gasteiger partial charge < -0.3 is 25.3 Å². The van der Waals surface area contributed by atoms with Crippen LogP contribution in [0, 0.1) is 11.6 Å². The molecule has 0 aromatic heterocycles. The fourth-order valence-electron chi connectivity index (χ4n) is 4.28. The number of benzene rings is 2. The van der Waals surface area contributed by atoms with E-state index in [4.69, 9.17) is 18.0 Å². The van der Waals surface area contributed by atoms with Crippen molar-refractivity contribution >= 4 is 40.6 Å². The Kier molecular flexibility index (Phi) is 7.24. The number of nitrogens with two attached hydrogens (primary N) is 1. The number of hydrazone groups is 1. The summed E-state index contributed by atoms with van der Waals surface area (Å²) in [4.78, 5) is 8.71. The van der Waals surface area contributed by atoms with Gasteiger partial charge in [0, 0.05) is 69.3 Å². The summed E-state index contributed by atoms with van der Waals surface area (Å²) in [5.41, 5.74) is 11.0. The van der Waals surface area contributed by atoms with Crippen molar-refractivity contribution in [3.63, 3.8) is 0 Å². The van der Waals surface area contributed by atoms with Gasteiger partial charge in [-0.1, -0.05) is 6.07 Å². The summed E-state index contributed by atoms with van der Waals surface area (Å²) in [6, 6.07) is 10.0. The van der Waals surface area contributed by atoms with E-state index in [9.17, 15) is 4.39 Å². The lowest BCUT2D eigenvalue weighted by atomic mass is 10.1. The molecule has 2 fully saturated rings. The Hall–Kier alpha value is -2.98. The van der Waals surface area contributed by atoms with E-state index in [1.807, 2.05) is 12.1 Å². The molecule has 3 N–H and O–H groups in total. The summed E-state index contributed by atoms with van der Waals surface area (Å²) < 4.78 is 28.8. The Morgan fingerprint density at radius 2 is 1.58 bits per heavy atom. The normalized spacial score (nSPS) is 17.6. The fraction of sp³-hybridized carbons (Fsp3) is 0.391. The van der Waals surface area contributed by atoms with E-state index in [1.54, 1.807) is 12.3 Å². The summed E-state index contributed by atoms with van der Waals surface area (Å²) in [6.45, 7) is 6.22. The summed E-state index contributed by atoms with van der Waals surface area (Å²) in [7, 11) is 2.10. The minimum absolute atomic E-state index is 0.0562. The van der Waals surface area contributed by atoms with Crippen LogP contribution in [0.5, 0.6) is 0 Å². The lowest BCUT2D eigenvalue weighted by molar-refractivity contribution is 0.313. The predicted molar refractivity (Wildman–Crippen MR) is 134 cm³/mol. The lowest BCUT2D eigenvalue weighted by Gasteiger charge is -2.39. The van der Waals surface area contributed by atoms with E-state index < -0.39 is 0 Å². The number of anilines is 3. The highest BCUT2D eigenvalue weighted by molar-refractivity contribution is 7.80. The number of nitrogens with one attached hydrogen (secondary N) is 1. The summed E-state index contributed by atoms with van der Waals surface area (Å²) in [5, 5.41) is 4.11. The number of rotatable bonds is 5. The molecule has 2 aliphatic heterocycles. The number of hydrogen-bond acceptors (Lipinski definition) is 6. The molecule has 0 radical (unpaired) electrons. The Morgan fingerprint density at radius 1 is 0.939 bits per heavy atom. The average molecular weight is 474 g/mol. The van der Waals surface area contributed by atoms with Crippen LogP contribution in [-0.2, 0) is 0 Å². The zero-order valence-electron chi connectivity index (χ0n) is 18.7. The molecule has 176 valence electrons. The van der Waals surface area contributed by atoms with Crippen molar-refractivity contribution in [1.82, 2.24) is 10.3 Å². The first-order chi connectivity index (χ1) is 15.9. The Labute approximate surface area is 198 Å². The van der Waals surface area contributed by atoms with Crippen molar-refractivity contribution in [1.29, 1.82) is 0 Å². The van der Waals surface area contributed by atoms with Gasteiger partial charge in [0.15, 0.2) is 5.11 Å². The van der Waals surface area contributed by atoms with Crippen LogP contribution in [0.15, 0.2) is 41.5 Å². The van der Waals surface area contributed by atoms with Crippen LogP contribution < -0.4 is 25.9 Å². The average Bonchev–Trinajstić information content (AvgIpc) is 2.80. The number of halogens is 2. The molecule has 7 nitrogen and oxygen atoms in total. The summed E-state index contributed by atoms with van der Waals surface area (Å²) >= 11 is 4.80. The van der Waals surface area contributed by atoms with Crippen molar-refractivity contribution in [3.8, 4) is 0 Å². The first-order valence-corrected chi connectivity index (χ1v) is 11.4. The van der Waals surface area contributed by atoms with E-state index in [0.717, 1.165) is 37.6 Å². The molecule has 2 heterocycles. The van der Waals surface area contributed by atoms with Gasteiger partial charge >= 0.3 is 0 Å². The molecule has 0 bridgehead atoms. The quantitative estimate of drug-likeness (QED) is 0.392. The molecule has 0 unspecified atom stereocenters. The third-order valence-electron chi connectivity index (χ3n) is 6.11. The van der Waals surface area contributed by atoms with Crippen molar-refractivity contribution < 1.29 is 8.78 Å². The second kappa shape index (κ2) is 10.3. The number of nitrogens with zero attached hydrogens (tertiary/aromatic N) is 5. The second-order valence-corrected chi connectivity index (χ2v) is 8.78. The maximum Gasteiger partial charge on any atom is 0.184 e. The highest BCUT2D eigenvalue weighted by atomic mass is 32.1. The van der Waals surface area contributed by atoms with Crippen LogP contribution in [0.2, 0.25) is 0 Å². The van der Waals surface area contributed by atoms with Gasteiger partial charge in [-0.2, -0.15) is 5.10 Å². The third kappa shape index (κ3) is 5.69. The fourth-order valence-corrected chi connectivity index (χ4v) is 4.33. The third-order valence-corrected chi connectivity index (χ3v) is 6.20. The molecule has 0 spiro atoms. The van der Waals surface area contributed by atoms with Gasteiger partial charge in [0.1, 0.15) is 11.6 Å². The maximum absolute atomic E-state index is 15.2.